The number of hydrogen-bond acceptors (Lipinski definition) is 2. The number of benzene rings is 1. The van der Waals surface area contributed by atoms with Crippen molar-refractivity contribution in [3.05, 3.63) is 29.3 Å². The molecule has 0 aliphatic carbocycles. The number of rotatable bonds is 3. The van der Waals surface area contributed by atoms with Gasteiger partial charge in [0.1, 0.15) is 0 Å². The quantitative estimate of drug-likeness (QED) is 0.800. The van der Waals surface area contributed by atoms with E-state index in [0.717, 1.165) is 30.4 Å². The van der Waals surface area contributed by atoms with E-state index in [4.69, 9.17) is 11.6 Å². The molecule has 1 unspecified atom stereocenters. The Hall–Kier alpha value is -0.580. The molecule has 2 rings (SSSR count). The predicted octanol–water partition coefficient (Wildman–Crippen LogP) is 3.54. The highest BCUT2D eigenvalue weighted by Crippen LogP contribution is 2.26. The smallest absolute Gasteiger partial charge is 0.207 e. The third-order valence-electron chi connectivity index (χ3n) is 4.13. The Balaban J connectivity index is 2.35. The molecule has 1 aromatic rings. The summed E-state index contributed by atoms with van der Waals surface area (Å²) < 4.78 is 27.3. The third kappa shape index (κ3) is 3.18. The first-order valence-corrected chi connectivity index (χ1v) is 9.09. The lowest BCUT2D eigenvalue weighted by Gasteiger charge is -2.22. The van der Waals surface area contributed by atoms with Crippen LogP contribution in [-0.2, 0) is 15.9 Å². The van der Waals surface area contributed by atoms with E-state index < -0.39 is 10.0 Å². The van der Waals surface area contributed by atoms with Crippen LogP contribution in [0, 0.1) is 12.8 Å². The first kappa shape index (κ1) is 15.8. The Kier molecular flexibility index (Phi) is 5.10. The first-order chi connectivity index (χ1) is 9.46. The van der Waals surface area contributed by atoms with E-state index in [0.29, 0.717) is 29.8 Å². The molecule has 0 bridgehead atoms. The van der Waals surface area contributed by atoms with E-state index in [1.807, 2.05) is 13.0 Å². The Bertz CT molecular complexity index is 571. The summed E-state index contributed by atoms with van der Waals surface area (Å²) >= 11 is 5.88. The largest absolute Gasteiger partial charge is 0.243 e. The van der Waals surface area contributed by atoms with Gasteiger partial charge in [0.25, 0.3) is 0 Å². The van der Waals surface area contributed by atoms with Gasteiger partial charge in [0.2, 0.25) is 10.0 Å². The fourth-order valence-corrected chi connectivity index (χ4v) is 4.75. The molecule has 3 nitrogen and oxygen atoms in total. The average Bonchev–Trinajstić information content (AvgIpc) is 2.64. The van der Waals surface area contributed by atoms with Gasteiger partial charge in [-0.2, -0.15) is 4.31 Å². The number of halogens is 1. The van der Waals surface area contributed by atoms with Gasteiger partial charge in [-0.05, 0) is 49.3 Å². The van der Waals surface area contributed by atoms with Gasteiger partial charge >= 0.3 is 0 Å². The van der Waals surface area contributed by atoms with Crippen LogP contribution in [0.1, 0.15) is 37.3 Å². The van der Waals surface area contributed by atoms with E-state index in [1.54, 1.807) is 16.4 Å². The molecule has 0 amide bonds. The molecule has 1 saturated heterocycles. The number of sulfonamides is 1. The molecule has 0 radical (unpaired) electrons. The number of nitrogens with zero attached hydrogens (tertiary/aromatic N) is 1. The Morgan fingerprint density at radius 1 is 1.30 bits per heavy atom. The van der Waals surface area contributed by atoms with E-state index in [1.165, 1.54) is 0 Å². The van der Waals surface area contributed by atoms with Gasteiger partial charge in [-0.3, -0.25) is 0 Å². The Morgan fingerprint density at radius 3 is 2.75 bits per heavy atom. The highest BCUT2D eigenvalue weighted by atomic mass is 35.5. The molecular weight excluding hydrogens is 294 g/mol. The van der Waals surface area contributed by atoms with Crippen molar-refractivity contribution in [2.24, 2.45) is 5.92 Å². The standard InChI is InChI=1S/C15H22ClNO2S/c1-12-5-4-9-17(10-8-12)20(18,19)15-7-3-6-14(11-16)13(15)2/h3,6-7,12H,4-5,8-11H2,1-2H3. The summed E-state index contributed by atoms with van der Waals surface area (Å²) in [5, 5.41) is 0. The summed E-state index contributed by atoms with van der Waals surface area (Å²) in [5.41, 5.74) is 1.66. The van der Waals surface area contributed by atoms with Gasteiger partial charge in [-0.25, -0.2) is 8.42 Å². The average molecular weight is 316 g/mol. The van der Waals surface area contributed by atoms with Gasteiger partial charge in [-0.15, -0.1) is 11.6 Å². The zero-order valence-corrected chi connectivity index (χ0v) is 13.7. The van der Waals surface area contributed by atoms with Gasteiger partial charge in [-0.1, -0.05) is 19.1 Å². The lowest BCUT2D eigenvalue weighted by molar-refractivity contribution is 0.416. The van der Waals surface area contributed by atoms with Crippen LogP contribution in [0.4, 0.5) is 0 Å². The summed E-state index contributed by atoms with van der Waals surface area (Å²) in [5.74, 6) is 0.942. The predicted molar refractivity (Wildman–Crippen MR) is 82.5 cm³/mol. The van der Waals surface area contributed by atoms with Crippen LogP contribution in [0.25, 0.3) is 0 Å². The molecule has 0 aromatic heterocycles. The van der Waals surface area contributed by atoms with Gasteiger partial charge in [0.05, 0.1) is 4.90 Å². The second kappa shape index (κ2) is 6.46. The molecule has 1 heterocycles. The number of hydrogen-bond donors (Lipinski definition) is 0. The van der Waals surface area contributed by atoms with Crippen LogP contribution < -0.4 is 0 Å². The molecule has 1 aromatic carbocycles. The van der Waals surface area contributed by atoms with Crippen LogP contribution in [0.2, 0.25) is 0 Å². The van der Waals surface area contributed by atoms with Crippen LogP contribution in [0.3, 0.4) is 0 Å². The van der Waals surface area contributed by atoms with Crippen LogP contribution in [0.15, 0.2) is 23.1 Å². The topological polar surface area (TPSA) is 37.4 Å². The second-order valence-corrected chi connectivity index (χ2v) is 7.79. The fraction of sp³-hybridized carbons (Fsp3) is 0.600. The molecular formula is C15H22ClNO2S. The SMILES string of the molecule is Cc1c(CCl)cccc1S(=O)(=O)N1CCCC(C)CC1. The van der Waals surface area contributed by atoms with Crippen molar-refractivity contribution in [1.82, 2.24) is 4.31 Å². The zero-order chi connectivity index (χ0) is 14.8. The van der Waals surface area contributed by atoms with Crippen molar-refractivity contribution in [2.75, 3.05) is 13.1 Å². The molecule has 1 fully saturated rings. The molecule has 0 N–H and O–H groups in total. The molecule has 0 saturated carbocycles. The Morgan fingerprint density at radius 2 is 2.05 bits per heavy atom. The van der Waals surface area contributed by atoms with Crippen LogP contribution >= 0.6 is 11.6 Å². The van der Waals surface area contributed by atoms with Gasteiger partial charge < -0.3 is 0 Å². The minimum absolute atomic E-state index is 0.340. The van der Waals surface area contributed by atoms with Crippen LogP contribution in [-0.4, -0.2) is 25.8 Å². The maximum absolute atomic E-state index is 12.8. The summed E-state index contributed by atoms with van der Waals surface area (Å²) in [4.78, 5) is 0.408. The fourth-order valence-electron chi connectivity index (χ4n) is 2.70. The second-order valence-electron chi connectivity index (χ2n) is 5.61. The summed E-state index contributed by atoms with van der Waals surface area (Å²) in [6, 6.07) is 5.35. The molecule has 1 aliphatic rings. The van der Waals surface area contributed by atoms with E-state index in [9.17, 15) is 8.42 Å². The molecule has 20 heavy (non-hydrogen) atoms. The molecule has 0 spiro atoms. The van der Waals surface area contributed by atoms with Gasteiger partial charge in [0, 0.05) is 19.0 Å². The maximum Gasteiger partial charge on any atom is 0.243 e. The first-order valence-electron chi connectivity index (χ1n) is 7.11. The minimum atomic E-state index is -3.40. The van der Waals surface area contributed by atoms with Crippen molar-refractivity contribution >= 4 is 21.6 Å². The van der Waals surface area contributed by atoms with Gasteiger partial charge in [0.15, 0.2) is 0 Å². The maximum atomic E-state index is 12.8. The van der Waals surface area contributed by atoms with Crippen molar-refractivity contribution < 1.29 is 8.42 Å². The number of alkyl halides is 1. The lowest BCUT2D eigenvalue weighted by Crippen LogP contribution is -2.32. The minimum Gasteiger partial charge on any atom is -0.207 e. The summed E-state index contributed by atoms with van der Waals surface area (Å²) in [7, 11) is -3.40. The van der Waals surface area contributed by atoms with E-state index >= 15 is 0 Å². The zero-order valence-electron chi connectivity index (χ0n) is 12.1. The molecule has 112 valence electrons. The van der Waals surface area contributed by atoms with E-state index in [-0.39, 0.29) is 0 Å². The third-order valence-corrected chi connectivity index (χ3v) is 6.46. The van der Waals surface area contributed by atoms with Crippen molar-refractivity contribution in [3.63, 3.8) is 0 Å². The van der Waals surface area contributed by atoms with Crippen molar-refractivity contribution in [1.29, 1.82) is 0 Å². The van der Waals surface area contributed by atoms with Crippen molar-refractivity contribution in [2.45, 2.75) is 43.9 Å². The monoisotopic (exact) mass is 315 g/mol. The molecule has 1 atom stereocenters. The lowest BCUT2D eigenvalue weighted by atomic mass is 10.0. The van der Waals surface area contributed by atoms with Crippen LogP contribution in [0.5, 0.6) is 0 Å². The highest BCUT2D eigenvalue weighted by Gasteiger charge is 2.28. The van der Waals surface area contributed by atoms with E-state index in [2.05, 4.69) is 6.92 Å². The molecule has 1 aliphatic heterocycles. The Labute approximate surface area is 127 Å². The van der Waals surface area contributed by atoms with Crippen molar-refractivity contribution in [3.8, 4) is 0 Å². The summed E-state index contributed by atoms with van der Waals surface area (Å²) in [6.07, 6.45) is 2.98. The highest BCUT2D eigenvalue weighted by molar-refractivity contribution is 7.89. The normalized spacial score (nSPS) is 21.6. The molecule has 5 heteroatoms. The summed E-state index contributed by atoms with van der Waals surface area (Å²) in [6.45, 7) is 5.27.